The van der Waals surface area contributed by atoms with E-state index in [1.165, 1.54) is 0 Å². The topological polar surface area (TPSA) is 108 Å². The highest BCUT2D eigenvalue weighted by molar-refractivity contribution is 5.96. The average Bonchev–Trinajstić information content (AvgIpc) is 3.05. The van der Waals surface area contributed by atoms with Crippen LogP contribution in [0.5, 0.6) is 0 Å². The van der Waals surface area contributed by atoms with Gasteiger partial charge in [-0.3, -0.25) is 4.79 Å². The minimum atomic E-state index is -0.638. The standard InChI is InChI=1S/C16H11N5O/c17-9-10-3-1-4-11(7-10)12-5-2-6-13(8-12)14-15(16(18)22)20-21-19-14/h1-8H,(H2,18,22)(H,19,20,21). The minimum absolute atomic E-state index is 0.0999. The van der Waals surface area contributed by atoms with E-state index in [0.29, 0.717) is 11.3 Å². The fourth-order valence-electron chi connectivity index (χ4n) is 2.22. The Morgan fingerprint density at radius 3 is 2.45 bits per heavy atom. The van der Waals surface area contributed by atoms with Gasteiger partial charge in [-0.05, 0) is 29.3 Å². The van der Waals surface area contributed by atoms with Crippen molar-refractivity contribution in [3.05, 3.63) is 59.8 Å². The van der Waals surface area contributed by atoms with Crippen molar-refractivity contribution in [1.82, 2.24) is 15.4 Å². The van der Waals surface area contributed by atoms with Crippen molar-refractivity contribution in [3.8, 4) is 28.5 Å². The maximum atomic E-state index is 11.4. The van der Waals surface area contributed by atoms with E-state index in [4.69, 9.17) is 11.0 Å². The van der Waals surface area contributed by atoms with E-state index in [2.05, 4.69) is 21.5 Å². The molecule has 0 aliphatic carbocycles. The molecule has 3 aromatic rings. The number of nitrogens with zero attached hydrogens (tertiary/aromatic N) is 3. The molecule has 6 heteroatoms. The van der Waals surface area contributed by atoms with Crippen molar-refractivity contribution < 1.29 is 4.79 Å². The van der Waals surface area contributed by atoms with Crippen LogP contribution in [-0.2, 0) is 0 Å². The van der Waals surface area contributed by atoms with Crippen LogP contribution >= 0.6 is 0 Å². The molecule has 106 valence electrons. The summed E-state index contributed by atoms with van der Waals surface area (Å²) in [5, 5.41) is 19.2. The highest BCUT2D eigenvalue weighted by Crippen LogP contribution is 2.26. The molecule has 0 fully saturated rings. The predicted octanol–water partition coefficient (Wildman–Crippen LogP) is 2.11. The number of carbonyl (C=O) groups excluding carboxylic acids is 1. The van der Waals surface area contributed by atoms with Crippen molar-refractivity contribution in [2.75, 3.05) is 0 Å². The first-order chi connectivity index (χ1) is 10.7. The van der Waals surface area contributed by atoms with Gasteiger partial charge >= 0.3 is 0 Å². The monoisotopic (exact) mass is 289 g/mol. The molecule has 0 atom stereocenters. The summed E-state index contributed by atoms with van der Waals surface area (Å²) in [6, 6.07) is 16.9. The van der Waals surface area contributed by atoms with Crippen LogP contribution in [-0.4, -0.2) is 21.3 Å². The van der Waals surface area contributed by atoms with Gasteiger partial charge < -0.3 is 5.73 Å². The first kappa shape index (κ1) is 13.5. The quantitative estimate of drug-likeness (QED) is 0.769. The van der Waals surface area contributed by atoms with Crippen LogP contribution in [0.3, 0.4) is 0 Å². The second-order valence-electron chi connectivity index (χ2n) is 4.66. The lowest BCUT2D eigenvalue weighted by atomic mass is 10.00. The lowest BCUT2D eigenvalue weighted by Crippen LogP contribution is -2.12. The van der Waals surface area contributed by atoms with Gasteiger partial charge in [0, 0.05) is 5.56 Å². The molecule has 0 bridgehead atoms. The van der Waals surface area contributed by atoms with Crippen molar-refractivity contribution in [1.29, 1.82) is 5.26 Å². The van der Waals surface area contributed by atoms with E-state index in [1.54, 1.807) is 12.1 Å². The maximum absolute atomic E-state index is 11.4. The Morgan fingerprint density at radius 2 is 1.73 bits per heavy atom. The summed E-state index contributed by atoms with van der Waals surface area (Å²) in [6.07, 6.45) is 0. The summed E-state index contributed by atoms with van der Waals surface area (Å²) in [4.78, 5) is 11.4. The molecule has 3 N–H and O–H groups in total. The van der Waals surface area contributed by atoms with Gasteiger partial charge in [0.15, 0.2) is 5.69 Å². The molecule has 0 radical (unpaired) electrons. The van der Waals surface area contributed by atoms with Crippen LogP contribution in [0.15, 0.2) is 48.5 Å². The first-order valence-corrected chi connectivity index (χ1v) is 6.50. The van der Waals surface area contributed by atoms with Gasteiger partial charge in [0.2, 0.25) is 0 Å². The largest absolute Gasteiger partial charge is 0.364 e. The molecule has 1 heterocycles. The summed E-state index contributed by atoms with van der Waals surface area (Å²) in [5.41, 5.74) is 8.92. The molecular weight excluding hydrogens is 278 g/mol. The predicted molar refractivity (Wildman–Crippen MR) is 80.5 cm³/mol. The van der Waals surface area contributed by atoms with E-state index in [-0.39, 0.29) is 5.69 Å². The van der Waals surface area contributed by atoms with Gasteiger partial charge in [0.05, 0.1) is 11.6 Å². The molecular formula is C16H11N5O. The number of aromatic nitrogens is 3. The highest BCUT2D eigenvalue weighted by Gasteiger charge is 2.15. The number of amides is 1. The Morgan fingerprint density at radius 1 is 1.05 bits per heavy atom. The SMILES string of the molecule is N#Cc1cccc(-c2cccc(-c3n[nH]nc3C(N)=O)c2)c1. The van der Waals surface area contributed by atoms with E-state index in [1.807, 2.05) is 36.4 Å². The van der Waals surface area contributed by atoms with Crippen LogP contribution < -0.4 is 5.73 Å². The molecule has 0 saturated carbocycles. The number of nitriles is 1. The zero-order valence-electron chi connectivity index (χ0n) is 11.4. The van der Waals surface area contributed by atoms with Crippen molar-refractivity contribution in [2.24, 2.45) is 5.73 Å². The third kappa shape index (κ3) is 2.43. The third-order valence-electron chi connectivity index (χ3n) is 3.24. The number of aromatic amines is 1. The molecule has 1 aromatic heterocycles. The van der Waals surface area contributed by atoms with Gasteiger partial charge in [-0.25, -0.2) is 0 Å². The van der Waals surface area contributed by atoms with Crippen LogP contribution in [0.4, 0.5) is 0 Å². The molecule has 3 rings (SSSR count). The van der Waals surface area contributed by atoms with Crippen molar-refractivity contribution >= 4 is 5.91 Å². The molecule has 22 heavy (non-hydrogen) atoms. The van der Waals surface area contributed by atoms with Crippen molar-refractivity contribution in [3.63, 3.8) is 0 Å². The number of carbonyl (C=O) groups is 1. The summed E-state index contributed by atoms with van der Waals surface area (Å²) in [5.74, 6) is -0.638. The molecule has 1 amide bonds. The lowest BCUT2D eigenvalue weighted by Gasteiger charge is -2.05. The molecule has 0 unspecified atom stereocenters. The Hall–Kier alpha value is -3.46. The highest BCUT2D eigenvalue weighted by atomic mass is 16.1. The van der Waals surface area contributed by atoms with Gasteiger partial charge in [-0.15, -0.1) is 0 Å². The zero-order chi connectivity index (χ0) is 15.5. The first-order valence-electron chi connectivity index (χ1n) is 6.50. The molecule has 6 nitrogen and oxygen atoms in total. The van der Waals surface area contributed by atoms with Gasteiger partial charge in [-0.1, -0.05) is 30.3 Å². The number of primary amides is 1. The van der Waals surface area contributed by atoms with Crippen LogP contribution in [0, 0.1) is 11.3 Å². The molecule has 0 aliphatic rings. The average molecular weight is 289 g/mol. The molecule has 0 aliphatic heterocycles. The molecule has 0 saturated heterocycles. The smallest absolute Gasteiger partial charge is 0.271 e. The number of nitrogens with one attached hydrogen (secondary N) is 1. The molecule has 2 aromatic carbocycles. The number of rotatable bonds is 3. The zero-order valence-corrected chi connectivity index (χ0v) is 11.4. The van der Waals surface area contributed by atoms with Gasteiger partial charge in [0.1, 0.15) is 5.69 Å². The summed E-state index contributed by atoms with van der Waals surface area (Å²) in [7, 11) is 0. The normalized spacial score (nSPS) is 10.1. The summed E-state index contributed by atoms with van der Waals surface area (Å²) >= 11 is 0. The van der Waals surface area contributed by atoms with Gasteiger partial charge in [-0.2, -0.15) is 20.7 Å². The Bertz CT molecular complexity index is 891. The molecule has 0 spiro atoms. The fourth-order valence-corrected chi connectivity index (χ4v) is 2.22. The van der Waals surface area contributed by atoms with E-state index in [9.17, 15) is 4.79 Å². The van der Waals surface area contributed by atoms with Crippen molar-refractivity contribution in [2.45, 2.75) is 0 Å². The maximum Gasteiger partial charge on any atom is 0.271 e. The second kappa shape index (κ2) is 5.50. The second-order valence-corrected chi connectivity index (χ2v) is 4.66. The summed E-state index contributed by atoms with van der Waals surface area (Å²) < 4.78 is 0. The number of H-pyrrole nitrogens is 1. The lowest BCUT2D eigenvalue weighted by molar-refractivity contribution is 0.0996. The Labute approximate surface area is 126 Å². The fraction of sp³-hybridized carbons (Fsp3) is 0. The van der Waals surface area contributed by atoms with Crippen LogP contribution in [0.25, 0.3) is 22.4 Å². The number of nitrogens with two attached hydrogens (primary N) is 1. The van der Waals surface area contributed by atoms with E-state index >= 15 is 0 Å². The number of benzene rings is 2. The number of hydrogen-bond donors (Lipinski definition) is 2. The minimum Gasteiger partial charge on any atom is -0.364 e. The Kier molecular flexibility index (Phi) is 3.38. The summed E-state index contributed by atoms with van der Waals surface area (Å²) in [6.45, 7) is 0. The Balaban J connectivity index is 2.08. The number of hydrogen-bond acceptors (Lipinski definition) is 4. The van der Waals surface area contributed by atoms with Gasteiger partial charge in [0.25, 0.3) is 5.91 Å². The van der Waals surface area contributed by atoms with Crippen LogP contribution in [0.2, 0.25) is 0 Å². The van der Waals surface area contributed by atoms with E-state index < -0.39 is 5.91 Å². The third-order valence-corrected chi connectivity index (χ3v) is 3.24. The van der Waals surface area contributed by atoms with Crippen LogP contribution in [0.1, 0.15) is 16.1 Å². The van der Waals surface area contributed by atoms with E-state index in [0.717, 1.165) is 16.7 Å².